The van der Waals surface area contributed by atoms with E-state index in [4.69, 9.17) is 4.52 Å². The maximum Gasteiger partial charge on any atom is 0.254 e. The quantitative estimate of drug-likeness (QED) is 0.454. The zero-order chi connectivity index (χ0) is 22.5. The number of carbonyl (C=O) groups excluding carboxylic acids is 1. The fourth-order valence-electron chi connectivity index (χ4n) is 3.46. The first-order valence-electron chi connectivity index (χ1n) is 11.0. The van der Waals surface area contributed by atoms with E-state index >= 15 is 0 Å². The van der Waals surface area contributed by atoms with Crippen LogP contribution in [0, 0.1) is 6.92 Å². The first-order valence-corrected chi connectivity index (χ1v) is 11.0. The van der Waals surface area contributed by atoms with Gasteiger partial charge in [0.25, 0.3) is 5.91 Å². The molecule has 0 saturated carbocycles. The maximum atomic E-state index is 13.5. The first-order chi connectivity index (χ1) is 14.8. The summed E-state index contributed by atoms with van der Waals surface area (Å²) in [5.74, 6) is 0.728. The van der Waals surface area contributed by atoms with Crippen molar-refractivity contribution >= 4 is 11.8 Å². The van der Waals surface area contributed by atoms with Gasteiger partial charge in [0.05, 0.1) is 12.1 Å². The Hall–Kier alpha value is -3.08. The van der Waals surface area contributed by atoms with E-state index in [0.717, 1.165) is 28.8 Å². The monoisotopic (exact) mass is 419 g/mol. The summed E-state index contributed by atoms with van der Waals surface area (Å²) in [7, 11) is 2.00. The summed E-state index contributed by atoms with van der Waals surface area (Å²) < 4.78 is 5.83. The highest BCUT2D eigenvalue weighted by molar-refractivity contribution is 5.94. The van der Waals surface area contributed by atoms with Crippen LogP contribution in [0.3, 0.4) is 0 Å². The number of hydrogen-bond acceptors (Lipinski definition) is 4. The predicted octanol–water partition coefficient (Wildman–Crippen LogP) is 5.94. The van der Waals surface area contributed by atoms with Crippen LogP contribution in [0.5, 0.6) is 0 Å². The van der Waals surface area contributed by atoms with Gasteiger partial charge in [0.15, 0.2) is 0 Å². The molecule has 2 aromatic carbocycles. The zero-order valence-electron chi connectivity index (χ0n) is 19.4. The van der Waals surface area contributed by atoms with Crippen LogP contribution >= 0.6 is 0 Å². The average molecular weight is 420 g/mol. The predicted molar refractivity (Wildman–Crippen MR) is 126 cm³/mol. The molecule has 0 aliphatic carbocycles. The minimum absolute atomic E-state index is 0.0210. The zero-order valence-corrected chi connectivity index (χ0v) is 19.4. The highest BCUT2D eigenvalue weighted by Gasteiger charge is 2.28. The Kier molecular flexibility index (Phi) is 7.16. The largest absolute Gasteiger partial charge is 0.341 e. The molecule has 1 amide bonds. The summed E-state index contributed by atoms with van der Waals surface area (Å²) in [4.78, 5) is 17.5. The van der Waals surface area contributed by atoms with Gasteiger partial charge >= 0.3 is 0 Å². The van der Waals surface area contributed by atoms with E-state index < -0.39 is 0 Å². The molecule has 5 nitrogen and oxygen atoms in total. The molecule has 0 aliphatic rings. The minimum atomic E-state index is 0.0210. The van der Waals surface area contributed by atoms with E-state index in [2.05, 4.69) is 37.8 Å². The third-order valence-corrected chi connectivity index (χ3v) is 5.92. The molecule has 0 saturated heterocycles. The molecule has 3 aromatic rings. The number of aromatic nitrogens is 1. The normalized spacial score (nSPS) is 12.1. The lowest BCUT2D eigenvalue weighted by Gasteiger charge is -2.30. The molecule has 0 fully saturated rings. The Labute approximate surface area is 185 Å². The average Bonchev–Trinajstić information content (AvgIpc) is 3.20. The van der Waals surface area contributed by atoms with E-state index in [1.54, 1.807) is 0 Å². The second-order valence-corrected chi connectivity index (χ2v) is 8.44. The van der Waals surface area contributed by atoms with E-state index in [1.165, 1.54) is 0 Å². The molecule has 31 heavy (non-hydrogen) atoms. The molecule has 0 spiro atoms. The van der Waals surface area contributed by atoms with Crippen molar-refractivity contribution in [3.8, 4) is 11.3 Å². The lowest BCUT2D eigenvalue weighted by atomic mass is 10.0. The lowest BCUT2D eigenvalue weighted by Crippen LogP contribution is -2.38. The maximum absolute atomic E-state index is 13.5. The Morgan fingerprint density at radius 3 is 2.26 bits per heavy atom. The van der Waals surface area contributed by atoms with Crippen LogP contribution in [0.25, 0.3) is 11.3 Å². The molecule has 0 bridgehead atoms. The van der Waals surface area contributed by atoms with Crippen LogP contribution in [0.1, 0.15) is 55.6 Å². The number of amides is 1. The number of nitrogens with zero attached hydrogens (tertiary/aromatic N) is 3. The molecule has 0 N–H and O–H groups in total. The number of carbonyl (C=O) groups is 1. The van der Waals surface area contributed by atoms with Crippen molar-refractivity contribution in [3.63, 3.8) is 0 Å². The summed E-state index contributed by atoms with van der Waals surface area (Å²) in [6, 6.07) is 18.1. The van der Waals surface area contributed by atoms with Gasteiger partial charge in [-0.3, -0.25) is 4.79 Å². The van der Waals surface area contributed by atoms with Crippen molar-refractivity contribution in [3.05, 3.63) is 71.3 Å². The van der Waals surface area contributed by atoms with Crippen LogP contribution < -0.4 is 4.90 Å². The summed E-state index contributed by atoms with van der Waals surface area (Å²) in [6.07, 6.45) is 0.860. The van der Waals surface area contributed by atoms with Crippen molar-refractivity contribution in [2.75, 3.05) is 11.9 Å². The number of hydrogen-bond donors (Lipinski definition) is 0. The van der Waals surface area contributed by atoms with Crippen LogP contribution in [0.2, 0.25) is 0 Å². The van der Waals surface area contributed by atoms with Crippen molar-refractivity contribution < 1.29 is 9.32 Å². The first kappa shape index (κ1) is 22.6. The third-order valence-electron chi connectivity index (χ3n) is 5.92. The smallest absolute Gasteiger partial charge is 0.254 e. The SMILES string of the molecule is CC[C@@H](C)N(Cc1c(-c2ccccc2)noc1N(C)C(C)C)C(=O)c1ccc(C)cc1. The van der Waals surface area contributed by atoms with Crippen molar-refractivity contribution in [1.82, 2.24) is 10.1 Å². The summed E-state index contributed by atoms with van der Waals surface area (Å²) in [5, 5.41) is 4.42. The van der Waals surface area contributed by atoms with Crippen LogP contribution in [0.4, 0.5) is 5.88 Å². The fourth-order valence-corrected chi connectivity index (χ4v) is 3.46. The molecule has 0 aliphatic heterocycles. The van der Waals surface area contributed by atoms with E-state index in [0.29, 0.717) is 18.0 Å². The highest BCUT2D eigenvalue weighted by Crippen LogP contribution is 2.33. The molecule has 5 heteroatoms. The minimum Gasteiger partial charge on any atom is -0.341 e. The van der Waals surface area contributed by atoms with Gasteiger partial charge in [-0.15, -0.1) is 0 Å². The molecule has 1 aromatic heterocycles. The molecule has 1 heterocycles. The molecule has 164 valence electrons. The molecule has 3 rings (SSSR count). The Morgan fingerprint density at radius 1 is 1.03 bits per heavy atom. The van der Waals surface area contributed by atoms with Crippen molar-refractivity contribution in [2.45, 2.75) is 59.7 Å². The van der Waals surface area contributed by atoms with E-state index in [1.807, 2.05) is 73.5 Å². The van der Waals surface area contributed by atoms with Gasteiger partial charge in [-0.2, -0.15) is 0 Å². The van der Waals surface area contributed by atoms with Gasteiger partial charge in [-0.25, -0.2) is 0 Å². The van der Waals surface area contributed by atoms with Crippen LogP contribution in [0.15, 0.2) is 59.1 Å². The van der Waals surface area contributed by atoms with Gasteiger partial charge in [0, 0.05) is 30.3 Å². The second kappa shape index (κ2) is 9.82. The van der Waals surface area contributed by atoms with Gasteiger partial charge in [-0.05, 0) is 46.2 Å². The number of benzene rings is 2. The fraction of sp³-hybridized carbons (Fsp3) is 0.385. The summed E-state index contributed by atoms with van der Waals surface area (Å²) >= 11 is 0. The molecular weight excluding hydrogens is 386 g/mol. The molecule has 0 unspecified atom stereocenters. The van der Waals surface area contributed by atoms with Crippen molar-refractivity contribution in [1.29, 1.82) is 0 Å². The summed E-state index contributed by atoms with van der Waals surface area (Å²) in [6.45, 7) is 10.9. The van der Waals surface area contributed by atoms with E-state index in [-0.39, 0.29) is 18.0 Å². The van der Waals surface area contributed by atoms with Gasteiger partial charge in [-0.1, -0.05) is 60.1 Å². The Bertz CT molecular complexity index is 993. The van der Waals surface area contributed by atoms with Crippen LogP contribution in [-0.4, -0.2) is 35.1 Å². The standard InChI is InChI=1S/C26H33N3O2/c1-7-20(5)29(25(30)22-15-13-19(4)14-16-22)17-23-24(21-11-9-8-10-12-21)27-31-26(23)28(6)18(2)3/h8-16,18,20H,7,17H2,1-6H3/t20-/m1/s1. The number of aryl methyl sites for hydroxylation is 1. The Morgan fingerprint density at radius 2 is 1.68 bits per heavy atom. The summed E-state index contributed by atoms with van der Waals surface area (Å²) in [5.41, 5.74) is 4.54. The molecular formula is C26H33N3O2. The highest BCUT2D eigenvalue weighted by atomic mass is 16.5. The van der Waals surface area contributed by atoms with Gasteiger partial charge in [0.1, 0.15) is 5.69 Å². The van der Waals surface area contributed by atoms with Gasteiger partial charge < -0.3 is 14.3 Å². The number of anilines is 1. The number of rotatable bonds is 8. The Balaban J connectivity index is 2.06. The third kappa shape index (κ3) is 4.98. The second-order valence-electron chi connectivity index (χ2n) is 8.44. The van der Waals surface area contributed by atoms with Crippen LogP contribution in [-0.2, 0) is 6.54 Å². The van der Waals surface area contributed by atoms with Gasteiger partial charge in [0.2, 0.25) is 5.88 Å². The van der Waals surface area contributed by atoms with Crippen molar-refractivity contribution in [2.24, 2.45) is 0 Å². The molecule has 0 radical (unpaired) electrons. The lowest BCUT2D eigenvalue weighted by molar-refractivity contribution is 0.0672. The topological polar surface area (TPSA) is 49.6 Å². The molecule has 1 atom stereocenters. The van der Waals surface area contributed by atoms with E-state index in [9.17, 15) is 4.79 Å².